The highest BCUT2D eigenvalue weighted by Crippen LogP contribution is 2.34. The Morgan fingerprint density at radius 2 is 2.20 bits per heavy atom. The molecule has 3 N–H and O–H groups in total. The van der Waals surface area contributed by atoms with Crippen LogP contribution in [0.25, 0.3) is 5.70 Å². The monoisotopic (exact) mass is 359 g/mol. The third-order valence-electron chi connectivity index (χ3n) is 3.96. The third-order valence-corrected chi connectivity index (χ3v) is 4.25. The largest absolute Gasteiger partial charge is 0.295 e. The maximum absolute atomic E-state index is 14.3. The van der Waals surface area contributed by atoms with Gasteiger partial charge in [-0.25, -0.2) is 15.2 Å². The maximum Gasteiger partial charge on any atom is 0.146 e. The summed E-state index contributed by atoms with van der Waals surface area (Å²) in [6.07, 6.45) is 6.85. The number of hydrogen-bond donors (Lipinski definition) is 2. The van der Waals surface area contributed by atoms with Gasteiger partial charge in [-0.3, -0.25) is 20.1 Å². The summed E-state index contributed by atoms with van der Waals surface area (Å²) in [6.45, 7) is 0.259. The molecule has 2 aliphatic rings. The quantitative estimate of drug-likeness (QED) is 0.819. The number of hydrogen-bond acceptors (Lipinski definition) is 6. The van der Waals surface area contributed by atoms with Crippen molar-refractivity contribution in [3.8, 4) is 0 Å². The average molecular weight is 360 g/mol. The van der Waals surface area contributed by atoms with E-state index in [0.29, 0.717) is 5.56 Å². The molecule has 25 heavy (non-hydrogen) atoms. The molecule has 0 bridgehead atoms. The van der Waals surface area contributed by atoms with Gasteiger partial charge in [-0.15, -0.1) is 0 Å². The third kappa shape index (κ3) is 2.75. The fourth-order valence-electron chi connectivity index (χ4n) is 2.78. The highest BCUT2D eigenvalue weighted by Gasteiger charge is 2.30. The first-order chi connectivity index (χ1) is 12.0. The summed E-state index contributed by atoms with van der Waals surface area (Å²) < 4.78 is 16.0. The molecule has 0 aliphatic carbocycles. The highest BCUT2D eigenvalue weighted by molar-refractivity contribution is 6.30. The van der Waals surface area contributed by atoms with Crippen LogP contribution in [0.5, 0.6) is 0 Å². The Balaban J connectivity index is 1.71. The molecule has 7 nitrogen and oxygen atoms in total. The summed E-state index contributed by atoms with van der Waals surface area (Å²) in [5.74, 6) is 5.37. The lowest BCUT2D eigenvalue weighted by Crippen LogP contribution is -2.33. The minimum Gasteiger partial charge on any atom is -0.295 e. The second-order valence-corrected chi connectivity index (χ2v) is 6.15. The molecular formula is C16H15ClFN7. The van der Waals surface area contributed by atoms with Gasteiger partial charge in [0.1, 0.15) is 23.5 Å². The zero-order valence-corrected chi connectivity index (χ0v) is 14.1. The molecular weight excluding hydrogens is 345 g/mol. The Kier molecular flexibility index (Phi) is 3.70. The number of nitrogens with two attached hydrogens (primary N) is 1. The van der Waals surface area contributed by atoms with Crippen molar-refractivity contribution in [2.45, 2.75) is 6.54 Å². The van der Waals surface area contributed by atoms with Crippen LogP contribution in [0.3, 0.4) is 0 Å². The topological polar surface area (TPSA) is 74.7 Å². The lowest BCUT2D eigenvalue weighted by atomic mass is 10.2. The van der Waals surface area contributed by atoms with Crippen molar-refractivity contribution in [1.29, 1.82) is 0 Å². The lowest BCUT2D eigenvalue weighted by molar-refractivity contribution is 0.298. The molecule has 0 amide bonds. The fourth-order valence-corrected chi connectivity index (χ4v) is 2.98. The molecule has 1 aromatic heterocycles. The van der Waals surface area contributed by atoms with Crippen LogP contribution in [-0.2, 0) is 13.6 Å². The first kappa shape index (κ1) is 15.7. The predicted molar refractivity (Wildman–Crippen MR) is 92.8 cm³/mol. The molecule has 0 fully saturated rings. The van der Waals surface area contributed by atoms with E-state index >= 15 is 0 Å². The number of rotatable bonds is 3. The zero-order chi connectivity index (χ0) is 17.6. The summed E-state index contributed by atoms with van der Waals surface area (Å²) >= 11 is 5.89. The van der Waals surface area contributed by atoms with E-state index in [0.717, 1.165) is 22.7 Å². The molecule has 4 rings (SSSR count). The van der Waals surface area contributed by atoms with E-state index in [4.69, 9.17) is 17.4 Å². The predicted octanol–water partition coefficient (Wildman–Crippen LogP) is 1.96. The molecule has 1 aromatic carbocycles. The SMILES string of the molecule is Cn1cc(C2=C3N=CN(N)C=C3N(Cc3cccc(Cl)c3F)N2)cn1. The summed E-state index contributed by atoms with van der Waals surface area (Å²) in [6, 6.07) is 4.93. The Morgan fingerprint density at radius 3 is 2.96 bits per heavy atom. The number of halogens is 2. The van der Waals surface area contributed by atoms with Crippen LogP contribution in [0.15, 0.2) is 53.2 Å². The summed E-state index contributed by atoms with van der Waals surface area (Å²) in [7, 11) is 1.84. The molecule has 0 saturated heterocycles. The second-order valence-electron chi connectivity index (χ2n) is 5.74. The van der Waals surface area contributed by atoms with Crippen LogP contribution in [0, 0.1) is 5.82 Å². The first-order valence-electron chi connectivity index (χ1n) is 7.53. The second kappa shape index (κ2) is 5.91. The molecule has 0 saturated carbocycles. The lowest BCUT2D eigenvalue weighted by Gasteiger charge is -2.24. The van der Waals surface area contributed by atoms with Crippen LogP contribution in [0.4, 0.5) is 4.39 Å². The Labute approximate surface area is 148 Å². The Morgan fingerprint density at radius 1 is 1.36 bits per heavy atom. The number of aryl methyl sites for hydroxylation is 1. The van der Waals surface area contributed by atoms with Crippen molar-refractivity contribution < 1.29 is 4.39 Å². The smallest absolute Gasteiger partial charge is 0.146 e. The van der Waals surface area contributed by atoms with Gasteiger partial charge in [-0.1, -0.05) is 23.7 Å². The molecule has 128 valence electrons. The van der Waals surface area contributed by atoms with Crippen molar-refractivity contribution >= 4 is 23.6 Å². The summed E-state index contributed by atoms with van der Waals surface area (Å²) in [5.41, 5.74) is 6.84. The molecule has 9 heteroatoms. The van der Waals surface area contributed by atoms with Crippen molar-refractivity contribution in [2.24, 2.45) is 17.9 Å². The van der Waals surface area contributed by atoms with E-state index in [1.165, 1.54) is 17.4 Å². The van der Waals surface area contributed by atoms with Crippen LogP contribution in [0.2, 0.25) is 5.02 Å². The molecule has 0 unspecified atom stereocenters. The average Bonchev–Trinajstić information content (AvgIpc) is 3.16. The van der Waals surface area contributed by atoms with E-state index in [-0.39, 0.29) is 11.6 Å². The fraction of sp³-hybridized carbons (Fsp3) is 0.125. The first-order valence-corrected chi connectivity index (χ1v) is 7.90. The molecule has 2 aliphatic heterocycles. The van der Waals surface area contributed by atoms with Crippen molar-refractivity contribution in [1.82, 2.24) is 25.2 Å². The van der Waals surface area contributed by atoms with Crippen molar-refractivity contribution in [3.63, 3.8) is 0 Å². The van der Waals surface area contributed by atoms with Gasteiger partial charge in [0.15, 0.2) is 0 Å². The number of aliphatic imine (C=N–C) groups is 1. The molecule has 0 radical (unpaired) electrons. The van der Waals surface area contributed by atoms with Gasteiger partial charge in [-0.05, 0) is 6.07 Å². The van der Waals surface area contributed by atoms with Gasteiger partial charge in [0.25, 0.3) is 0 Å². The van der Waals surface area contributed by atoms with Gasteiger partial charge in [0.2, 0.25) is 0 Å². The normalized spacial score (nSPS) is 16.2. The minimum absolute atomic E-state index is 0.0912. The van der Waals surface area contributed by atoms with Crippen LogP contribution in [-0.4, -0.2) is 26.1 Å². The minimum atomic E-state index is -0.438. The Hall–Kier alpha value is -2.84. The van der Waals surface area contributed by atoms with Crippen LogP contribution < -0.4 is 11.3 Å². The number of benzene rings is 1. The van der Waals surface area contributed by atoms with Gasteiger partial charge < -0.3 is 0 Å². The maximum atomic E-state index is 14.3. The Bertz CT molecular complexity index is 930. The summed E-state index contributed by atoms with van der Waals surface area (Å²) in [4.78, 5) is 4.40. The molecule has 0 atom stereocenters. The van der Waals surface area contributed by atoms with E-state index < -0.39 is 5.82 Å². The van der Waals surface area contributed by atoms with E-state index in [2.05, 4.69) is 15.5 Å². The van der Waals surface area contributed by atoms with Crippen molar-refractivity contribution in [3.05, 3.63) is 70.2 Å². The van der Waals surface area contributed by atoms with Gasteiger partial charge in [0.05, 0.1) is 23.5 Å². The standard InChI is InChI=1S/C16H15ClFN7/c1-23-6-11(5-21-23)15-16-13(8-24(19)9-20-16)25(22-15)7-10-3-2-4-12(17)14(10)18/h2-6,8-9,22H,7,19H2,1H3. The zero-order valence-electron chi connectivity index (χ0n) is 13.3. The number of nitrogens with one attached hydrogen (secondary N) is 1. The van der Waals surface area contributed by atoms with E-state index in [1.807, 2.05) is 13.2 Å². The molecule has 3 heterocycles. The molecule has 2 aromatic rings. The highest BCUT2D eigenvalue weighted by atomic mass is 35.5. The van der Waals surface area contributed by atoms with Gasteiger partial charge in [-0.2, -0.15) is 5.10 Å². The number of nitrogens with zero attached hydrogens (tertiary/aromatic N) is 5. The number of hydrazine groups is 2. The van der Waals surface area contributed by atoms with Crippen LogP contribution in [0.1, 0.15) is 11.1 Å². The number of aromatic nitrogens is 2. The number of fused-ring (bicyclic) bond motifs is 1. The molecule has 0 spiro atoms. The van der Waals surface area contributed by atoms with Gasteiger partial charge >= 0.3 is 0 Å². The summed E-state index contributed by atoms with van der Waals surface area (Å²) in [5, 5.41) is 7.42. The van der Waals surface area contributed by atoms with Crippen LogP contribution >= 0.6 is 11.6 Å². The van der Waals surface area contributed by atoms with E-state index in [9.17, 15) is 4.39 Å². The van der Waals surface area contributed by atoms with Gasteiger partial charge in [0, 0.05) is 30.6 Å². The van der Waals surface area contributed by atoms with Crippen molar-refractivity contribution in [2.75, 3.05) is 0 Å². The van der Waals surface area contributed by atoms with E-state index in [1.54, 1.807) is 34.2 Å².